The molecule has 164 valence electrons. The minimum atomic E-state index is -1.46. The molecule has 0 aliphatic heterocycles. The van der Waals surface area contributed by atoms with Crippen molar-refractivity contribution < 1.29 is 0 Å². The Morgan fingerprint density at radius 3 is 0.871 bits per heavy atom. The van der Waals surface area contributed by atoms with Crippen molar-refractivity contribution in [2.75, 3.05) is 0 Å². The van der Waals surface area contributed by atoms with Crippen LogP contribution < -0.4 is 0 Å². The van der Waals surface area contributed by atoms with Crippen molar-refractivity contribution in [3.63, 3.8) is 0 Å². The molecule has 0 nitrogen and oxygen atoms in total. The highest BCUT2D eigenvalue weighted by Gasteiger charge is 2.50. The lowest BCUT2D eigenvalue weighted by atomic mass is 10.2. The summed E-state index contributed by atoms with van der Waals surface area (Å²) in [6.07, 6.45) is 0. The molecule has 0 aromatic heterocycles. The van der Waals surface area contributed by atoms with E-state index in [9.17, 15) is 0 Å². The molecule has 3 aromatic rings. The van der Waals surface area contributed by atoms with Crippen LogP contribution in [-0.4, -0.2) is 23.2 Å². The second-order valence-corrected chi connectivity index (χ2v) is 42.3. The summed E-state index contributed by atoms with van der Waals surface area (Å²) in [6.45, 7) is 16.4. The van der Waals surface area contributed by atoms with Crippen molar-refractivity contribution in [1.29, 1.82) is 0 Å². The van der Waals surface area contributed by atoms with E-state index in [0.29, 0.717) is 0 Å². The maximum atomic E-state index is 2.73. The van der Waals surface area contributed by atoms with Gasteiger partial charge in [0.25, 0.3) is 0 Å². The lowest BCUT2D eigenvalue weighted by Gasteiger charge is -2.52. The lowest BCUT2D eigenvalue weighted by molar-refractivity contribution is 1.32. The molecule has 0 bridgehead atoms. The van der Waals surface area contributed by atoms with E-state index >= 15 is 0 Å². The first-order valence-corrected chi connectivity index (χ1v) is 25.0. The van der Waals surface area contributed by atoms with Gasteiger partial charge in [-0.05, 0) is 18.1 Å². The van der Waals surface area contributed by atoms with Gasteiger partial charge in [0.15, 0.2) is 0 Å². The van der Waals surface area contributed by atoms with Gasteiger partial charge in [0.05, 0.1) is 23.2 Å². The summed E-state index contributed by atoms with van der Waals surface area (Å²) in [5.41, 5.74) is 4.67. The summed E-state index contributed by atoms with van der Waals surface area (Å²) in [6, 6.07) is 38.0. The summed E-state index contributed by atoms with van der Waals surface area (Å²) < 4.78 is 0. The summed E-state index contributed by atoms with van der Waals surface area (Å²) in [4.78, 5) is 0. The third-order valence-corrected chi connectivity index (χ3v) is 58.7. The quantitative estimate of drug-likeness (QED) is 0.214. The van der Waals surface area contributed by atoms with Gasteiger partial charge < -0.3 is 0 Å². The first-order chi connectivity index (χ1) is 14.6. The minimum absolute atomic E-state index is 0.0552. The zero-order chi connectivity index (χ0) is 22.5. The fourth-order valence-electron chi connectivity index (χ4n) is 5.98. The summed E-state index contributed by atoms with van der Waals surface area (Å²) in [7, 11) is -4.39. The molecule has 0 saturated heterocycles. The van der Waals surface area contributed by atoms with Crippen molar-refractivity contribution in [3.05, 3.63) is 108 Å². The van der Waals surface area contributed by atoms with E-state index in [-0.39, 0.29) is 6.57 Å². The van der Waals surface area contributed by atoms with Crippen LogP contribution in [0.4, 0.5) is 0 Å². The Morgan fingerprint density at radius 1 is 0.419 bits per heavy atom. The molecular weight excluding hydrogens is 440 g/mol. The Labute approximate surface area is 194 Å². The van der Waals surface area contributed by atoms with Crippen LogP contribution in [0.5, 0.6) is 0 Å². The number of hydrogen-bond acceptors (Lipinski definition) is 0. The summed E-state index contributed by atoms with van der Waals surface area (Å²) >= 11 is 0. The molecule has 31 heavy (non-hydrogen) atoms. The minimum Gasteiger partial charge on any atom is -0.139 e. The SMILES string of the molecule is C[Si](C)(Cc1ccccc1)P([Si](C)(C)Cc1ccccc1)[Si](C)(C)Cc1ccccc1. The normalized spacial score (nSPS) is 12.9. The molecule has 0 aliphatic rings. The monoisotopic (exact) mass is 478 g/mol. The largest absolute Gasteiger partial charge is 0.139 e. The van der Waals surface area contributed by atoms with Gasteiger partial charge in [0.2, 0.25) is 0 Å². The Kier molecular flexibility index (Phi) is 7.96. The van der Waals surface area contributed by atoms with Gasteiger partial charge in [0, 0.05) is 0 Å². The second kappa shape index (κ2) is 10.1. The van der Waals surface area contributed by atoms with Crippen molar-refractivity contribution in [3.8, 4) is 0 Å². The predicted octanol–water partition coefficient (Wildman–Crippen LogP) is 8.43. The summed E-state index contributed by atoms with van der Waals surface area (Å²) in [5, 5.41) is 0. The topological polar surface area (TPSA) is 0 Å². The zero-order valence-corrected chi connectivity index (χ0v) is 24.1. The fraction of sp³-hybridized carbons (Fsp3) is 0.333. The molecule has 0 spiro atoms. The van der Waals surface area contributed by atoms with Gasteiger partial charge in [-0.2, -0.15) is 0 Å². The third kappa shape index (κ3) is 6.61. The molecular formula is C27H39PSi3. The molecule has 0 atom stereocenters. The van der Waals surface area contributed by atoms with Crippen LogP contribution in [0.15, 0.2) is 91.0 Å². The van der Waals surface area contributed by atoms with Gasteiger partial charge >= 0.3 is 0 Å². The van der Waals surface area contributed by atoms with Crippen LogP contribution in [0.1, 0.15) is 16.7 Å². The van der Waals surface area contributed by atoms with E-state index in [4.69, 9.17) is 0 Å². The van der Waals surface area contributed by atoms with Crippen LogP contribution in [0.2, 0.25) is 39.3 Å². The first-order valence-electron chi connectivity index (χ1n) is 11.5. The van der Waals surface area contributed by atoms with Crippen LogP contribution in [0.3, 0.4) is 0 Å². The Morgan fingerprint density at radius 2 is 0.645 bits per heavy atom. The van der Waals surface area contributed by atoms with E-state index in [2.05, 4.69) is 130 Å². The van der Waals surface area contributed by atoms with Crippen molar-refractivity contribution >= 4 is 29.8 Å². The highest BCUT2D eigenvalue weighted by Crippen LogP contribution is 2.63. The number of hydrogen-bond donors (Lipinski definition) is 0. The molecule has 0 amide bonds. The molecule has 0 unspecified atom stereocenters. The number of rotatable bonds is 9. The molecule has 4 heteroatoms. The van der Waals surface area contributed by atoms with E-state index < -0.39 is 23.2 Å². The molecule has 3 aromatic carbocycles. The standard InChI is InChI=1S/C27H39PSi3/c1-29(2,22-25-16-10-7-11-17-25)28(30(3,4)23-26-18-12-8-13-19-26)31(5,6)24-27-20-14-9-15-21-27/h7-21H,22-24H2,1-6H3. The number of benzene rings is 3. The molecule has 0 N–H and O–H groups in total. The Bertz CT molecular complexity index is 811. The van der Waals surface area contributed by atoms with Gasteiger partial charge in [-0.1, -0.05) is 147 Å². The van der Waals surface area contributed by atoms with Gasteiger partial charge in [-0.3, -0.25) is 0 Å². The molecule has 0 radical (unpaired) electrons. The summed E-state index contributed by atoms with van der Waals surface area (Å²) in [5.74, 6) is 0. The first kappa shape index (κ1) is 24.4. The Balaban J connectivity index is 1.99. The van der Waals surface area contributed by atoms with Crippen LogP contribution >= 0.6 is 6.57 Å². The molecule has 0 heterocycles. The van der Waals surface area contributed by atoms with Crippen molar-refractivity contribution in [1.82, 2.24) is 0 Å². The van der Waals surface area contributed by atoms with Crippen molar-refractivity contribution in [2.45, 2.75) is 57.4 Å². The highest BCUT2D eigenvalue weighted by molar-refractivity contribution is 8.37. The third-order valence-electron chi connectivity index (χ3n) is 6.25. The van der Waals surface area contributed by atoms with E-state index in [0.717, 1.165) is 0 Å². The van der Waals surface area contributed by atoms with Crippen LogP contribution in [0.25, 0.3) is 0 Å². The maximum absolute atomic E-state index is 2.73. The van der Waals surface area contributed by atoms with Crippen molar-refractivity contribution in [2.24, 2.45) is 0 Å². The van der Waals surface area contributed by atoms with Crippen LogP contribution in [-0.2, 0) is 18.1 Å². The average molecular weight is 479 g/mol. The average Bonchev–Trinajstić information content (AvgIpc) is 2.68. The fourth-order valence-corrected chi connectivity index (χ4v) is 81.4. The van der Waals surface area contributed by atoms with E-state index in [1.54, 1.807) is 16.7 Å². The predicted molar refractivity (Wildman–Crippen MR) is 150 cm³/mol. The van der Waals surface area contributed by atoms with E-state index in [1.165, 1.54) is 18.1 Å². The molecule has 0 aliphatic carbocycles. The second-order valence-electron chi connectivity index (χ2n) is 10.8. The maximum Gasteiger partial charge on any atom is 0.0714 e. The van der Waals surface area contributed by atoms with Gasteiger partial charge in [-0.15, -0.1) is 6.57 Å². The van der Waals surface area contributed by atoms with Gasteiger partial charge in [0.1, 0.15) is 0 Å². The smallest absolute Gasteiger partial charge is 0.0714 e. The molecule has 0 saturated carbocycles. The molecule has 3 rings (SSSR count). The zero-order valence-electron chi connectivity index (χ0n) is 20.2. The van der Waals surface area contributed by atoms with Gasteiger partial charge in [-0.25, -0.2) is 0 Å². The van der Waals surface area contributed by atoms with E-state index in [1.807, 2.05) is 0 Å². The highest BCUT2D eigenvalue weighted by atomic mass is 31.8. The molecule has 0 fully saturated rings. The Hall–Kier alpha value is -1.26. The lowest BCUT2D eigenvalue weighted by Crippen LogP contribution is -2.51. The van der Waals surface area contributed by atoms with Crippen LogP contribution in [0, 0.1) is 0 Å².